The van der Waals surface area contributed by atoms with Crippen LogP contribution in [0.4, 0.5) is 0 Å². The van der Waals surface area contributed by atoms with Gasteiger partial charge in [0.15, 0.2) is 0 Å². The lowest BCUT2D eigenvalue weighted by molar-refractivity contribution is -0.138. The molecule has 0 heterocycles. The molecule has 1 aromatic carbocycles. The molecule has 1 rings (SSSR count). The van der Waals surface area contributed by atoms with E-state index in [1.54, 1.807) is 44.2 Å². The number of hydrogen-bond acceptors (Lipinski definition) is 15. The van der Waals surface area contributed by atoms with E-state index in [9.17, 15) is 63.3 Å². The molecule has 0 fully saturated rings. The van der Waals surface area contributed by atoms with Crippen LogP contribution >= 0.6 is 0 Å². The van der Waals surface area contributed by atoms with Crippen LogP contribution in [-0.2, 0) is 54.4 Å². The molecule has 0 aliphatic rings. The van der Waals surface area contributed by atoms with Gasteiger partial charge in [0.1, 0.15) is 42.5 Å². The zero-order chi connectivity index (χ0) is 53.6. The van der Waals surface area contributed by atoms with Gasteiger partial charge < -0.3 is 79.8 Å². The molecule has 1 aromatic rings. The molecule has 71 heavy (non-hydrogen) atoms. The zero-order valence-corrected chi connectivity index (χ0v) is 41.6. The smallest absolute Gasteiger partial charge is 0.303 e. The molecule has 0 aliphatic carbocycles. The predicted molar refractivity (Wildman–Crippen MR) is 261 cm³/mol. The van der Waals surface area contributed by atoms with E-state index in [0.29, 0.717) is 57.0 Å². The van der Waals surface area contributed by atoms with Crippen LogP contribution < -0.4 is 59.7 Å². The van der Waals surface area contributed by atoms with Crippen molar-refractivity contribution in [3.8, 4) is 0 Å². The molecule has 400 valence electrons. The van der Waals surface area contributed by atoms with Crippen LogP contribution in [0.5, 0.6) is 0 Å². The minimum atomic E-state index is -1.67. The first-order valence-corrected chi connectivity index (χ1v) is 24.1. The van der Waals surface area contributed by atoms with Crippen molar-refractivity contribution in [2.24, 2.45) is 29.0 Å². The highest BCUT2D eigenvalue weighted by Crippen LogP contribution is 2.11. The number of amides is 8. The number of unbranched alkanes of at least 4 members (excludes halogenated alkanes) is 2. The molecular weight excluding hydrogens is 927 g/mol. The molecule has 24 nitrogen and oxygen atoms in total. The molecule has 0 aliphatic heterocycles. The lowest BCUT2D eigenvalue weighted by atomic mass is 10.00. The minimum Gasteiger partial charge on any atom is -0.481 e. The molecule has 0 saturated heterocycles. The summed E-state index contributed by atoms with van der Waals surface area (Å²) in [7, 11) is 0. The predicted octanol–water partition coefficient (Wildman–Crippen LogP) is -3.15. The minimum absolute atomic E-state index is 0.0126. The quantitative estimate of drug-likeness (QED) is 0.0233. The third-order valence-corrected chi connectivity index (χ3v) is 11.0. The van der Waals surface area contributed by atoms with Crippen molar-refractivity contribution in [3.63, 3.8) is 0 Å². The molecule has 0 unspecified atom stereocenters. The fraction of sp³-hybridized carbons (Fsp3) is 0.660. The summed E-state index contributed by atoms with van der Waals surface area (Å²) in [6, 6.07) is -1.87. The van der Waals surface area contributed by atoms with Crippen LogP contribution in [0, 0.1) is 11.8 Å². The Morgan fingerprint density at radius 1 is 0.592 bits per heavy atom. The maximum Gasteiger partial charge on any atom is 0.303 e. The molecule has 0 bridgehead atoms. The molecule has 0 radical (unpaired) electrons. The number of rotatable bonds is 36. The summed E-state index contributed by atoms with van der Waals surface area (Å²) >= 11 is 0. The number of carbonyl (C=O) groups is 10. The maximum atomic E-state index is 13.8. The van der Waals surface area contributed by atoms with E-state index in [1.165, 1.54) is 6.92 Å². The summed E-state index contributed by atoms with van der Waals surface area (Å²) in [5, 5.41) is 49.6. The molecule has 9 atom stereocenters. The number of carboxylic acids is 1. The number of aliphatic hydroxyl groups is 2. The van der Waals surface area contributed by atoms with Crippen LogP contribution in [0.2, 0.25) is 0 Å². The van der Waals surface area contributed by atoms with E-state index in [1.807, 2.05) is 13.8 Å². The highest BCUT2D eigenvalue weighted by molar-refractivity contribution is 5.97. The second kappa shape index (κ2) is 34.3. The highest BCUT2D eigenvalue weighted by Gasteiger charge is 2.34. The second-order valence-electron chi connectivity index (χ2n) is 18.3. The molecule has 17 N–H and O–H groups in total. The topological polar surface area (TPSA) is 406 Å². The monoisotopic (exact) mass is 1010 g/mol. The van der Waals surface area contributed by atoms with Crippen molar-refractivity contribution in [2.75, 3.05) is 26.2 Å². The average Bonchev–Trinajstić information content (AvgIpc) is 3.31. The molecule has 24 heteroatoms. The second-order valence-corrected chi connectivity index (χ2v) is 18.3. The van der Waals surface area contributed by atoms with Gasteiger partial charge in [0.25, 0.3) is 0 Å². The van der Waals surface area contributed by atoms with Crippen molar-refractivity contribution in [1.82, 2.24) is 42.5 Å². The van der Waals surface area contributed by atoms with Crippen molar-refractivity contribution < 1.29 is 63.3 Å². The number of aliphatic hydroxyl groups excluding tert-OH is 2. The van der Waals surface area contributed by atoms with Gasteiger partial charge in [0, 0.05) is 12.8 Å². The Morgan fingerprint density at radius 3 is 1.62 bits per heavy atom. The van der Waals surface area contributed by atoms with Gasteiger partial charge >= 0.3 is 5.97 Å². The van der Waals surface area contributed by atoms with Gasteiger partial charge in [-0.25, -0.2) is 0 Å². The molecule has 8 amide bonds. The summed E-state index contributed by atoms with van der Waals surface area (Å²) in [4.78, 5) is 131. The normalized spacial score (nSPS) is 15.0. The van der Waals surface area contributed by atoms with Gasteiger partial charge in [0.2, 0.25) is 47.3 Å². The number of aldehydes is 1. The average molecular weight is 1010 g/mol. The SMILES string of the molecule is CC(C)C[C@H](NC(=O)[C@H](CCC(=O)O)NC(=O)CNC(=O)[C@H](CO)NC(=O)[C@H](Cc1ccccc1)NC(=O)[C@H](CC(C)C)NC(=O)[C@@H](N)CCCCN)C(=O)N[C@H](C(=O)N[C@H](C=O)CCCCN)[C@@H](C)O. The summed E-state index contributed by atoms with van der Waals surface area (Å²) in [5.74, 6) is -8.66. The Morgan fingerprint density at radius 2 is 1.10 bits per heavy atom. The Hall–Kier alpha value is -6.08. The Balaban J connectivity index is 3.20. The summed E-state index contributed by atoms with van der Waals surface area (Å²) in [6.07, 6.45) is 1.06. The molecule has 0 saturated carbocycles. The number of hydrogen-bond donors (Lipinski definition) is 14. The van der Waals surface area contributed by atoms with Crippen LogP contribution in [0.1, 0.15) is 104 Å². The number of nitrogens with two attached hydrogens (primary N) is 3. The van der Waals surface area contributed by atoms with Crippen molar-refractivity contribution in [3.05, 3.63) is 35.9 Å². The fourth-order valence-electron chi connectivity index (χ4n) is 7.08. The largest absolute Gasteiger partial charge is 0.481 e. The number of carboxylic acid groups (broad SMARTS) is 1. The van der Waals surface area contributed by atoms with E-state index in [-0.39, 0.29) is 37.5 Å². The summed E-state index contributed by atoms with van der Waals surface area (Å²) in [5.41, 5.74) is 17.7. The lowest BCUT2D eigenvalue weighted by Gasteiger charge is -2.27. The number of benzene rings is 1. The number of aliphatic carboxylic acids is 1. The number of nitrogens with one attached hydrogen (secondary N) is 8. The molecule has 0 aromatic heterocycles. The first-order chi connectivity index (χ1) is 33.6. The van der Waals surface area contributed by atoms with Crippen molar-refractivity contribution >= 4 is 59.5 Å². The van der Waals surface area contributed by atoms with E-state index < -0.39 is 134 Å². The Labute approximate surface area is 415 Å². The maximum absolute atomic E-state index is 13.8. The van der Waals surface area contributed by atoms with Crippen molar-refractivity contribution in [2.45, 2.75) is 160 Å². The van der Waals surface area contributed by atoms with Gasteiger partial charge in [-0.15, -0.1) is 0 Å². The van der Waals surface area contributed by atoms with Crippen LogP contribution in [0.3, 0.4) is 0 Å². The lowest BCUT2D eigenvalue weighted by Crippen LogP contribution is -2.60. The summed E-state index contributed by atoms with van der Waals surface area (Å²) < 4.78 is 0. The van der Waals surface area contributed by atoms with Gasteiger partial charge in [0.05, 0.1) is 31.3 Å². The Bertz CT molecular complexity index is 1870. The van der Waals surface area contributed by atoms with Gasteiger partial charge in [-0.1, -0.05) is 64.4 Å². The van der Waals surface area contributed by atoms with Crippen LogP contribution in [-0.4, -0.2) is 156 Å². The molecule has 0 spiro atoms. The summed E-state index contributed by atoms with van der Waals surface area (Å²) in [6.45, 7) is 7.36. The third kappa shape index (κ3) is 25.6. The van der Waals surface area contributed by atoms with Gasteiger partial charge in [-0.2, -0.15) is 0 Å². The van der Waals surface area contributed by atoms with Gasteiger partial charge in [-0.05, 0) is 88.8 Å². The van der Waals surface area contributed by atoms with E-state index in [4.69, 9.17) is 17.2 Å². The van der Waals surface area contributed by atoms with Gasteiger partial charge in [-0.3, -0.25) is 43.2 Å². The van der Waals surface area contributed by atoms with E-state index >= 15 is 0 Å². The molecular formula is C47H79N11O13. The highest BCUT2D eigenvalue weighted by atomic mass is 16.4. The van der Waals surface area contributed by atoms with E-state index in [2.05, 4.69) is 42.5 Å². The van der Waals surface area contributed by atoms with Crippen LogP contribution in [0.15, 0.2) is 30.3 Å². The Kier molecular flexibility index (Phi) is 30.4. The number of carbonyl (C=O) groups excluding carboxylic acids is 9. The first-order valence-electron chi connectivity index (χ1n) is 24.1. The zero-order valence-electron chi connectivity index (χ0n) is 41.6. The fourth-order valence-corrected chi connectivity index (χ4v) is 7.08. The third-order valence-electron chi connectivity index (χ3n) is 11.0. The van der Waals surface area contributed by atoms with Crippen molar-refractivity contribution in [1.29, 1.82) is 0 Å². The first kappa shape index (κ1) is 62.9. The van der Waals surface area contributed by atoms with Crippen LogP contribution in [0.25, 0.3) is 0 Å². The standard InChI is InChI=1S/C47H79N11O13/c1-27(2)21-34(54-41(65)32(50)16-10-12-20-49)44(68)56-36(23-30-13-7-6-8-14-30)45(69)57-37(26-60)42(66)51-24-38(62)53-33(17-18-39(63)64)43(67)55-35(22-28(3)4)46(70)58-40(29(5)61)47(71)52-31(25-59)15-9-11-19-48/h6-8,13-14,25,27-29,31-37,40,60-61H,9-12,15-24,26,48-50H2,1-5H3,(H,51,66)(H,52,71)(H,53,62)(H,54,65)(H,55,67)(H,56,68)(H,57,69)(H,58,70)(H,63,64)/t29-,31+,32+,33+,34+,35+,36+,37+,40+/m1/s1. The van der Waals surface area contributed by atoms with E-state index in [0.717, 1.165) is 0 Å².